The molecular formula is C45H64N2O6. The number of piperidine rings is 1. The van der Waals surface area contributed by atoms with E-state index in [1.807, 2.05) is 10.6 Å². The Bertz CT molecular complexity index is 1800. The largest absolute Gasteiger partial charge is 0.464 e. The lowest BCUT2D eigenvalue weighted by Gasteiger charge is -2.70. The predicted molar refractivity (Wildman–Crippen MR) is 204 cm³/mol. The van der Waals surface area contributed by atoms with Crippen molar-refractivity contribution in [2.45, 2.75) is 138 Å². The topological polar surface area (TPSA) is 94.9 Å². The van der Waals surface area contributed by atoms with Gasteiger partial charge in [-0.15, -0.1) is 0 Å². The summed E-state index contributed by atoms with van der Waals surface area (Å²) in [7, 11) is 0. The first kappa shape index (κ1) is 37.2. The number of fused-ring (bicyclic) bond motifs is 11. The zero-order chi connectivity index (χ0) is 37.9. The average Bonchev–Trinajstić information content (AvgIpc) is 3.08. The Balaban J connectivity index is 0.990. The van der Waals surface area contributed by atoms with Crippen LogP contribution >= 0.6 is 0 Å². The van der Waals surface area contributed by atoms with Crippen molar-refractivity contribution in [1.82, 2.24) is 9.47 Å². The van der Waals surface area contributed by atoms with E-state index in [0.717, 1.165) is 89.5 Å². The SMILES string of the molecule is CC(=O)O[C@@H]1CC[C@]2(C)[C@H](CC[C@]3(C)[C@@H]2C(=O)C=C2[C@@H]4C[C@](C)(C(=O)OCCN5C[C@H]6C[C@@H](C5)c5cccc(=O)n5C6)CC[C@]4(C)CC[C@@]23C)C1(C)C. The van der Waals surface area contributed by atoms with Crippen LogP contribution in [-0.4, -0.2) is 59.5 Å². The molecule has 8 rings (SSSR count). The van der Waals surface area contributed by atoms with Crippen molar-refractivity contribution in [2.75, 3.05) is 26.2 Å². The van der Waals surface area contributed by atoms with Gasteiger partial charge in [0.2, 0.25) is 0 Å². The number of nitrogens with zero attached hydrogens (tertiary/aromatic N) is 2. The van der Waals surface area contributed by atoms with Crippen LogP contribution in [0.15, 0.2) is 34.6 Å². The zero-order valence-electron chi connectivity index (χ0n) is 33.7. The van der Waals surface area contributed by atoms with E-state index in [2.05, 4.69) is 65.5 Å². The fourth-order valence-electron chi connectivity index (χ4n) is 14.4. The van der Waals surface area contributed by atoms with Crippen LogP contribution in [0.4, 0.5) is 0 Å². The summed E-state index contributed by atoms with van der Waals surface area (Å²) in [6, 6.07) is 5.64. The molecule has 1 aromatic rings. The molecule has 0 N–H and O–H groups in total. The van der Waals surface area contributed by atoms with Crippen LogP contribution in [0.5, 0.6) is 0 Å². The van der Waals surface area contributed by atoms with Gasteiger partial charge in [0.15, 0.2) is 5.78 Å². The summed E-state index contributed by atoms with van der Waals surface area (Å²) < 4.78 is 14.0. The van der Waals surface area contributed by atoms with E-state index < -0.39 is 5.41 Å². The van der Waals surface area contributed by atoms with Crippen LogP contribution < -0.4 is 5.56 Å². The van der Waals surface area contributed by atoms with Crippen LogP contribution in [0.2, 0.25) is 0 Å². The maximum atomic E-state index is 14.8. The Morgan fingerprint density at radius 3 is 2.40 bits per heavy atom. The molecular weight excluding hydrogens is 665 g/mol. The molecule has 4 saturated carbocycles. The second-order valence-corrected chi connectivity index (χ2v) is 20.8. The van der Waals surface area contributed by atoms with Crippen molar-refractivity contribution in [3.05, 3.63) is 45.9 Å². The maximum absolute atomic E-state index is 14.8. The van der Waals surface area contributed by atoms with Crippen molar-refractivity contribution in [3.63, 3.8) is 0 Å². The quantitative estimate of drug-likeness (QED) is 0.287. The Hall–Kier alpha value is -2.74. The normalized spacial score (nSPS) is 44.2. The van der Waals surface area contributed by atoms with Gasteiger partial charge >= 0.3 is 11.9 Å². The van der Waals surface area contributed by atoms with E-state index in [-0.39, 0.29) is 68.3 Å². The molecule has 5 fully saturated rings. The van der Waals surface area contributed by atoms with E-state index in [0.29, 0.717) is 30.9 Å². The molecule has 290 valence electrons. The number of pyridine rings is 1. The molecule has 1 aromatic heterocycles. The third-order valence-corrected chi connectivity index (χ3v) is 17.5. The molecule has 8 heteroatoms. The standard InChI is InChI=1S/C45H64N2O6/c1-28(48)53-36-13-14-43(6)35(40(36,2)3)12-15-45(8)38(43)34(49)23-31-32-24-42(5,17-16-41(32,4)18-19-44(31,45)7)39(51)52-21-20-46-25-29-22-30(27-46)33-10-9-11-37(50)47(33)26-29/h9-11,23,29-30,32,35-36,38H,12-22,24-27H2,1-8H3/t29-,30+,32+,35-,36-,38-,41-,42-,43-,44+,45-/m1/s1. The molecule has 2 aliphatic heterocycles. The first-order valence-corrected chi connectivity index (χ1v) is 20.9. The highest BCUT2D eigenvalue weighted by atomic mass is 16.5. The molecule has 0 unspecified atom stereocenters. The van der Waals surface area contributed by atoms with Crippen LogP contribution in [0, 0.1) is 56.2 Å². The number of rotatable bonds is 5. The zero-order valence-corrected chi connectivity index (χ0v) is 33.7. The van der Waals surface area contributed by atoms with Crippen LogP contribution in [0.3, 0.4) is 0 Å². The number of ether oxygens (including phenoxy) is 2. The second-order valence-electron chi connectivity index (χ2n) is 20.8. The highest BCUT2D eigenvalue weighted by Crippen LogP contribution is 2.75. The number of likely N-dealkylation sites (tertiary alicyclic amines) is 1. The van der Waals surface area contributed by atoms with Gasteiger partial charge in [-0.05, 0) is 123 Å². The minimum Gasteiger partial charge on any atom is -0.464 e. The Labute approximate surface area is 316 Å². The smallest absolute Gasteiger partial charge is 0.311 e. The van der Waals surface area contributed by atoms with E-state index >= 15 is 0 Å². The first-order chi connectivity index (χ1) is 24.8. The number of aromatic nitrogens is 1. The van der Waals surface area contributed by atoms with Crippen LogP contribution in [-0.2, 0) is 30.4 Å². The van der Waals surface area contributed by atoms with E-state index in [1.165, 1.54) is 12.5 Å². The van der Waals surface area contributed by atoms with E-state index in [1.54, 1.807) is 6.07 Å². The number of allylic oxidation sites excluding steroid dienone is 2. The summed E-state index contributed by atoms with van der Waals surface area (Å²) in [6.07, 6.45) is 11.5. The Morgan fingerprint density at radius 1 is 0.887 bits per heavy atom. The van der Waals surface area contributed by atoms with Crippen molar-refractivity contribution in [3.8, 4) is 0 Å². The monoisotopic (exact) mass is 728 g/mol. The minimum absolute atomic E-state index is 0.0592. The first-order valence-electron chi connectivity index (χ1n) is 20.9. The van der Waals surface area contributed by atoms with Gasteiger partial charge in [-0.1, -0.05) is 53.2 Å². The molecule has 2 bridgehead atoms. The molecule has 5 aliphatic carbocycles. The van der Waals surface area contributed by atoms with Gasteiger partial charge < -0.3 is 14.0 Å². The third kappa shape index (κ3) is 5.51. The lowest BCUT2D eigenvalue weighted by Crippen LogP contribution is -2.66. The lowest BCUT2D eigenvalue weighted by atomic mass is 9.33. The van der Waals surface area contributed by atoms with Gasteiger partial charge in [-0.3, -0.25) is 24.1 Å². The molecule has 0 amide bonds. The van der Waals surface area contributed by atoms with Crippen LogP contribution in [0.1, 0.15) is 131 Å². The fraction of sp³-hybridized carbons (Fsp3) is 0.778. The fourth-order valence-corrected chi connectivity index (χ4v) is 14.4. The minimum atomic E-state index is -0.592. The number of hydrogen-bond donors (Lipinski definition) is 0. The van der Waals surface area contributed by atoms with Gasteiger partial charge in [-0.2, -0.15) is 0 Å². The summed E-state index contributed by atoms with van der Waals surface area (Å²) in [5.41, 5.74) is 1.33. The number of esters is 2. The summed E-state index contributed by atoms with van der Waals surface area (Å²) in [4.78, 5) is 55.9. The molecule has 7 aliphatic rings. The maximum Gasteiger partial charge on any atom is 0.311 e. The molecule has 8 nitrogen and oxygen atoms in total. The number of ketones is 1. The van der Waals surface area contributed by atoms with Gasteiger partial charge in [-0.25, -0.2) is 0 Å². The predicted octanol–water partition coefficient (Wildman–Crippen LogP) is 7.72. The van der Waals surface area contributed by atoms with Crippen LogP contribution in [0.25, 0.3) is 0 Å². The van der Waals surface area contributed by atoms with Gasteiger partial charge in [0.1, 0.15) is 12.7 Å². The van der Waals surface area contributed by atoms with E-state index in [9.17, 15) is 19.2 Å². The Kier molecular flexibility index (Phi) is 8.69. The highest BCUT2D eigenvalue weighted by molar-refractivity contribution is 5.95. The highest BCUT2D eigenvalue weighted by Gasteiger charge is 2.70. The summed E-state index contributed by atoms with van der Waals surface area (Å²) in [5.74, 6) is 1.15. The van der Waals surface area contributed by atoms with Crippen molar-refractivity contribution >= 4 is 17.7 Å². The summed E-state index contributed by atoms with van der Waals surface area (Å²) >= 11 is 0. The summed E-state index contributed by atoms with van der Waals surface area (Å²) in [5, 5.41) is 0. The van der Waals surface area contributed by atoms with E-state index in [4.69, 9.17) is 9.47 Å². The molecule has 53 heavy (non-hydrogen) atoms. The third-order valence-electron chi connectivity index (χ3n) is 17.5. The Morgan fingerprint density at radius 2 is 1.64 bits per heavy atom. The van der Waals surface area contributed by atoms with Crippen molar-refractivity contribution < 1.29 is 23.9 Å². The molecule has 0 radical (unpaired) electrons. The number of hydrogen-bond acceptors (Lipinski definition) is 7. The average molecular weight is 729 g/mol. The summed E-state index contributed by atoms with van der Waals surface area (Å²) in [6.45, 7) is 21.5. The molecule has 11 atom stereocenters. The van der Waals surface area contributed by atoms with Crippen molar-refractivity contribution in [2.24, 2.45) is 56.2 Å². The van der Waals surface area contributed by atoms with Crippen molar-refractivity contribution in [1.29, 1.82) is 0 Å². The molecule has 1 saturated heterocycles. The molecule has 0 spiro atoms. The van der Waals surface area contributed by atoms with Gasteiger partial charge in [0, 0.05) is 62.1 Å². The number of carbonyl (C=O) groups is 3. The second kappa shape index (κ2) is 12.4. The molecule has 3 heterocycles. The van der Waals surface area contributed by atoms with Gasteiger partial charge in [0.05, 0.1) is 5.41 Å². The number of carbonyl (C=O) groups excluding carboxylic acids is 3. The molecule has 0 aromatic carbocycles. The lowest BCUT2D eigenvalue weighted by molar-refractivity contribution is -0.210. The van der Waals surface area contributed by atoms with Gasteiger partial charge in [0.25, 0.3) is 5.56 Å².